The monoisotopic (exact) mass is 486 g/mol. The highest BCUT2D eigenvalue weighted by molar-refractivity contribution is 6.35. The van der Waals surface area contributed by atoms with Crippen molar-refractivity contribution in [1.82, 2.24) is 15.0 Å². The predicted molar refractivity (Wildman–Crippen MR) is 115 cm³/mol. The molecule has 3 rings (SSSR count). The third-order valence-corrected chi connectivity index (χ3v) is 4.52. The Labute approximate surface area is 190 Å². The first-order valence-electron chi connectivity index (χ1n) is 9.56. The fourth-order valence-corrected chi connectivity index (χ4v) is 3.13. The Balaban J connectivity index is 2.21. The molecule has 33 heavy (non-hydrogen) atoms. The molecule has 1 atom stereocenters. The Bertz CT molecular complexity index is 1240. The number of rotatable bonds is 4. The molecule has 1 unspecified atom stereocenters. The fraction of sp³-hybridized carbons (Fsp3) is 0.286. The number of fused-ring (bicyclic) bond motifs is 1. The van der Waals surface area contributed by atoms with E-state index < -0.39 is 41.1 Å². The van der Waals surface area contributed by atoms with E-state index in [0.717, 1.165) is 12.1 Å². The molecule has 176 valence electrons. The summed E-state index contributed by atoms with van der Waals surface area (Å²) in [6.07, 6.45) is -6.42. The Morgan fingerprint density at radius 3 is 2.33 bits per heavy atom. The van der Waals surface area contributed by atoms with Crippen molar-refractivity contribution in [2.24, 2.45) is 0 Å². The molecule has 12 heteroatoms. The van der Waals surface area contributed by atoms with Crippen molar-refractivity contribution in [3.05, 3.63) is 69.5 Å². The van der Waals surface area contributed by atoms with Crippen LogP contribution in [0.3, 0.4) is 0 Å². The third-order valence-electron chi connectivity index (χ3n) is 4.20. The summed E-state index contributed by atoms with van der Waals surface area (Å²) in [5.74, 6) is -1.47. The summed E-state index contributed by atoms with van der Waals surface area (Å²) in [5, 5.41) is 1.55. The molecule has 1 aromatic heterocycles. The zero-order valence-electron chi connectivity index (χ0n) is 17.6. The van der Waals surface area contributed by atoms with E-state index in [1.807, 2.05) is 0 Å². The number of benzene rings is 2. The van der Waals surface area contributed by atoms with Gasteiger partial charge < -0.3 is 10.1 Å². The van der Waals surface area contributed by atoms with Crippen LogP contribution in [-0.2, 0) is 4.74 Å². The molecular weight excluding hydrogens is 468 g/mol. The first-order chi connectivity index (χ1) is 15.3. The molecule has 0 fully saturated rings. The van der Waals surface area contributed by atoms with E-state index >= 15 is 0 Å². The quantitative estimate of drug-likeness (QED) is 0.496. The number of alkyl carbamates (subject to hydrolysis) is 1. The number of hydrogen-bond donors (Lipinski definition) is 2. The van der Waals surface area contributed by atoms with Gasteiger partial charge >= 0.3 is 12.3 Å². The van der Waals surface area contributed by atoms with E-state index in [1.165, 1.54) is 51.1 Å². The molecule has 0 radical (unpaired) electrons. The number of amides is 1. The van der Waals surface area contributed by atoms with Crippen LogP contribution < -0.4 is 16.3 Å². The Kier molecular flexibility index (Phi) is 6.55. The normalized spacial score (nSPS) is 13.0. The molecule has 0 aliphatic carbocycles. The fourth-order valence-electron chi connectivity index (χ4n) is 2.88. The number of alkyl halides is 3. The average Bonchev–Trinajstić information content (AvgIpc) is 2.67. The third kappa shape index (κ3) is 5.72. The molecule has 2 aromatic carbocycles. The summed E-state index contributed by atoms with van der Waals surface area (Å²) in [5.41, 5.74) is 0.437. The second-order valence-electron chi connectivity index (χ2n) is 7.98. The van der Waals surface area contributed by atoms with E-state index in [1.54, 1.807) is 5.32 Å². The van der Waals surface area contributed by atoms with Gasteiger partial charge in [-0.25, -0.2) is 18.8 Å². The highest BCUT2D eigenvalue weighted by Gasteiger charge is 2.46. The molecule has 1 heterocycles. The maximum atomic E-state index is 14.1. The summed E-state index contributed by atoms with van der Waals surface area (Å²) in [7, 11) is 0. The summed E-state index contributed by atoms with van der Waals surface area (Å²) >= 11 is 6.09. The number of ether oxygens (including phenoxy) is 1. The molecule has 2 N–H and O–H groups in total. The highest BCUT2D eigenvalue weighted by atomic mass is 35.5. The van der Waals surface area contributed by atoms with Crippen LogP contribution in [-0.4, -0.2) is 27.5 Å². The van der Waals surface area contributed by atoms with Crippen LogP contribution in [0.15, 0.2) is 47.3 Å². The smallest absolute Gasteiger partial charge is 0.416 e. The van der Waals surface area contributed by atoms with E-state index in [4.69, 9.17) is 16.3 Å². The lowest BCUT2D eigenvalue weighted by molar-refractivity contribution is -0.159. The minimum atomic E-state index is -5.06. The molecule has 7 nitrogen and oxygen atoms in total. The zero-order chi connectivity index (χ0) is 24.6. The lowest BCUT2D eigenvalue weighted by Gasteiger charge is -2.26. The van der Waals surface area contributed by atoms with Crippen LogP contribution in [0.5, 0.6) is 0 Å². The molecule has 3 aromatic rings. The van der Waals surface area contributed by atoms with E-state index in [-0.39, 0.29) is 21.6 Å². The second-order valence-corrected chi connectivity index (χ2v) is 8.39. The standard InChI is InChI=1S/C21H19ClF4N4O3/c1-20(2,3)33-19(32)28-16(21(24,25)26)17-27-14-6-4-5-13(22)15(14)18(31)30(17)29-12-9-7-11(23)8-10-12/h4-10,16,29H,1-3H3,(H,28,32). The zero-order valence-corrected chi connectivity index (χ0v) is 18.4. The Morgan fingerprint density at radius 1 is 1.12 bits per heavy atom. The van der Waals surface area contributed by atoms with Gasteiger partial charge in [0.05, 0.1) is 21.6 Å². The van der Waals surface area contributed by atoms with Gasteiger partial charge in [0.25, 0.3) is 5.56 Å². The largest absolute Gasteiger partial charge is 0.444 e. The first kappa shape index (κ1) is 24.3. The minimum absolute atomic E-state index is 0.0325. The van der Waals surface area contributed by atoms with E-state index in [9.17, 15) is 27.2 Å². The van der Waals surface area contributed by atoms with Gasteiger partial charge in [-0.15, -0.1) is 0 Å². The summed E-state index contributed by atoms with van der Waals surface area (Å²) in [6, 6.07) is 5.92. The lowest BCUT2D eigenvalue weighted by Crippen LogP contribution is -2.45. The van der Waals surface area contributed by atoms with Gasteiger partial charge in [-0.05, 0) is 57.2 Å². The summed E-state index contributed by atoms with van der Waals surface area (Å²) in [6.45, 7) is 4.45. The SMILES string of the molecule is CC(C)(C)OC(=O)NC(c1nc2cccc(Cl)c2c(=O)n1Nc1ccc(F)cc1)C(F)(F)F. The van der Waals surface area contributed by atoms with Gasteiger partial charge in [-0.2, -0.15) is 13.2 Å². The maximum absolute atomic E-state index is 14.1. The average molecular weight is 487 g/mol. The number of nitrogens with zero attached hydrogens (tertiary/aromatic N) is 2. The maximum Gasteiger partial charge on any atom is 0.416 e. The van der Waals surface area contributed by atoms with Gasteiger partial charge in [0.1, 0.15) is 11.4 Å². The topological polar surface area (TPSA) is 85.2 Å². The molecule has 1 amide bonds. The van der Waals surface area contributed by atoms with Crippen LogP contribution in [0, 0.1) is 5.82 Å². The Morgan fingerprint density at radius 2 is 1.76 bits per heavy atom. The van der Waals surface area contributed by atoms with Crippen LogP contribution in [0.4, 0.5) is 28.0 Å². The van der Waals surface area contributed by atoms with E-state index in [2.05, 4.69) is 10.4 Å². The van der Waals surface area contributed by atoms with Crippen LogP contribution in [0.25, 0.3) is 10.9 Å². The summed E-state index contributed by atoms with van der Waals surface area (Å²) < 4.78 is 60.9. The molecule has 0 saturated carbocycles. The second kappa shape index (κ2) is 8.89. The number of aromatic nitrogens is 2. The predicted octanol–water partition coefficient (Wildman–Crippen LogP) is 5.19. The molecular formula is C21H19ClF4N4O3. The number of halogens is 5. The van der Waals surface area contributed by atoms with Crippen molar-refractivity contribution in [2.75, 3.05) is 5.43 Å². The first-order valence-corrected chi connectivity index (χ1v) is 9.94. The minimum Gasteiger partial charge on any atom is -0.444 e. The summed E-state index contributed by atoms with van der Waals surface area (Å²) in [4.78, 5) is 29.3. The van der Waals surface area contributed by atoms with Crippen molar-refractivity contribution in [1.29, 1.82) is 0 Å². The van der Waals surface area contributed by atoms with Gasteiger partial charge in [0.2, 0.25) is 0 Å². The van der Waals surface area contributed by atoms with Gasteiger partial charge in [-0.3, -0.25) is 10.2 Å². The van der Waals surface area contributed by atoms with Crippen LogP contribution in [0.1, 0.15) is 32.6 Å². The number of nitrogens with one attached hydrogen (secondary N) is 2. The van der Waals surface area contributed by atoms with Crippen molar-refractivity contribution >= 4 is 34.3 Å². The van der Waals surface area contributed by atoms with Gasteiger partial charge in [0, 0.05) is 0 Å². The molecule has 0 bridgehead atoms. The molecule has 0 spiro atoms. The number of carbonyl (C=O) groups is 1. The number of carbonyl (C=O) groups excluding carboxylic acids is 1. The highest BCUT2D eigenvalue weighted by Crippen LogP contribution is 2.33. The Hall–Kier alpha value is -3.34. The van der Waals surface area contributed by atoms with Gasteiger partial charge in [0.15, 0.2) is 11.9 Å². The van der Waals surface area contributed by atoms with Crippen molar-refractivity contribution < 1.29 is 27.1 Å². The molecule has 0 aliphatic rings. The van der Waals surface area contributed by atoms with Crippen molar-refractivity contribution in [3.63, 3.8) is 0 Å². The van der Waals surface area contributed by atoms with Crippen molar-refractivity contribution in [2.45, 2.75) is 38.6 Å². The lowest BCUT2D eigenvalue weighted by atomic mass is 10.2. The number of hydrogen-bond acceptors (Lipinski definition) is 5. The number of anilines is 1. The van der Waals surface area contributed by atoms with Crippen molar-refractivity contribution in [3.8, 4) is 0 Å². The van der Waals surface area contributed by atoms with Crippen LogP contribution >= 0.6 is 11.6 Å². The molecule has 0 aliphatic heterocycles. The molecule has 0 saturated heterocycles. The van der Waals surface area contributed by atoms with E-state index in [0.29, 0.717) is 4.68 Å². The van der Waals surface area contributed by atoms with Crippen LogP contribution in [0.2, 0.25) is 5.02 Å². The van der Waals surface area contributed by atoms with Gasteiger partial charge in [-0.1, -0.05) is 17.7 Å².